The second kappa shape index (κ2) is 2.73. The molecule has 0 unspecified atom stereocenters. The number of hydrogen-bond donors (Lipinski definition) is 1. The summed E-state index contributed by atoms with van der Waals surface area (Å²) in [6.45, 7) is 2.72. The second-order valence-electron chi connectivity index (χ2n) is 2.32. The molecule has 0 atom stereocenters. The lowest BCUT2D eigenvalue weighted by Crippen LogP contribution is -2.42. The van der Waals surface area contributed by atoms with E-state index in [9.17, 15) is 4.79 Å². The van der Waals surface area contributed by atoms with Crippen molar-refractivity contribution in [2.45, 2.75) is 13.3 Å². The minimum absolute atomic E-state index is 0.000602. The molecule has 1 heterocycles. The first-order chi connectivity index (χ1) is 4.75. The molecule has 1 fully saturated rings. The Labute approximate surface area is 60.7 Å². The van der Waals surface area contributed by atoms with Gasteiger partial charge in [-0.25, -0.2) is 4.79 Å². The van der Waals surface area contributed by atoms with Gasteiger partial charge in [0.15, 0.2) is 0 Å². The van der Waals surface area contributed by atoms with Gasteiger partial charge < -0.3 is 10.2 Å². The van der Waals surface area contributed by atoms with Crippen molar-refractivity contribution in [3.05, 3.63) is 11.8 Å². The summed E-state index contributed by atoms with van der Waals surface area (Å²) in [6, 6.07) is -0.000602. The maximum atomic E-state index is 10.9. The summed E-state index contributed by atoms with van der Waals surface area (Å²) in [7, 11) is 1.78. The summed E-state index contributed by atoms with van der Waals surface area (Å²) < 4.78 is 0. The lowest BCUT2D eigenvalue weighted by Gasteiger charge is -2.26. The van der Waals surface area contributed by atoms with E-state index in [1.807, 2.05) is 13.0 Å². The number of amides is 2. The molecule has 0 bridgehead atoms. The summed E-state index contributed by atoms with van der Waals surface area (Å²) in [5.41, 5.74) is 1.10. The molecule has 3 heteroatoms. The van der Waals surface area contributed by atoms with Crippen molar-refractivity contribution >= 4 is 6.03 Å². The van der Waals surface area contributed by atoms with E-state index in [0.29, 0.717) is 0 Å². The van der Waals surface area contributed by atoms with Crippen LogP contribution in [0.2, 0.25) is 0 Å². The Hall–Kier alpha value is -0.990. The van der Waals surface area contributed by atoms with Gasteiger partial charge >= 0.3 is 6.03 Å². The topological polar surface area (TPSA) is 32.3 Å². The van der Waals surface area contributed by atoms with E-state index in [0.717, 1.165) is 18.7 Å². The van der Waals surface area contributed by atoms with E-state index in [2.05, 4.69) is 5.32 Å². The van der Waals surface area contributed by atoms with Gasteiger partial charge in [-0.2, -0.15) is 0 Å². The first-order valence-electron chi connectivity index (χ1n) is 3.42. The van der Waals surface area contributed by atoms with Crippen LogP contribution >= 0.6 is 0 Å². The standard InChI is InChI=1S/C7H12N2O/c1-3-6-4-5-8-7(10)9(6)2/h3H,4-5H2,1-2H3,(H,8,10)/b6-3+. The zero-order valence-corrected chi connectivity index (χ0v) is 6.35. The van der Waals surface area contributed by atoms with Crippen molar-refractivity contribution in [3.8, 4) is 0 Å². The molecule has 1 aliphatic rings. The number of urea groups is 1. The van der Waals surface area contributed by atoms with Gasteiger partial charge in [0.25, 0.3) is 0 Å². The SMILES string of the molecule is C/C=C1\CCNC(=O)N1C. The number of rotatable bonds is 0. The third-order valence-electron chi connectivity index (χ3n) is 1.73. The molecule has 1 N–H and O–H groups in total. The molecule has 1 saturated heterocycles. The molecule has 1 aliphatic heterocycles. The van der Waals surface area contributed by atoms with Crippen LogP contribution in [0.15, 0.2) is 11.8 Å². The fraction of sp³-hybridized carbons (Fsp3) is 0.571. The van der Waals surface area contributed by atoms with Gasteiger partial charge in [0.05, 0.1) is 0 Å². The monoisotopic (exact) mass is 140 g/mol. The number of nitrogens with one attached hydrogen (secondary N) is 1. The van der Waals surface area contributed by atoms with Crippen LogP contribution in [-0.2, 0) is 0 Å². The van der Waals surface area contributed by atoms with Crippen molar-refractivity contribution in [2.24, 2.45) is 0 Å². The molecule has 1 rings (SSSR count). The normalized spacial score (nSPS) is 23.2. The molecule has 0 aromatic rings. The Kier molecular flexibility index (Phi) is 1.94. The third kappa shape index (κ3) is 1.12. The van der Waals surface area contributed by atoms with Crippen LogP contribution in [0.4, 0.5) is 4.79 Å². The van der Waals surface area contributed by atoms with E-state index in [1.54, 1.807) is 11.9 Å². The van der Waals surface area contributed by atoms with Crippen molar-refractivity contribution in [3.63, 3.8) is 0 Å². The smallest absolute Gasteiger partial charge is 0.321 e. The van der Waals surface area contributed by atoms with Crippen LogP contribution < -0.4 is 5.32 Å². The van der Waals surface area contributed by atoms with Gasteiger partial charge in [-0.05, 0) is 6.92 Å². The highest BCUT2D eigenvalue weighted by Gasteiger charge is 2.16. The fourth-order valence-corrected chi connectivity index (χ4v) is 1.05. The Bertz CT molecular complexity index is 174. The van der Waals surface area contributed by atoms with Crippen LogP contribution in [0, 0.1) is 0 Å². The van der Waals surface area contributed by atoms with Crippen molar-refractivity contribution in [1.82, 2.24) is 10.2 Å². The van der Waals surface area contributed by atoms with Crippen LogP contribution in [0.3, 0.4) is 0 Å². The Morgan fingerprint density at radius 1 is 1.70 bits per heavy atom. The minimum atomic E-state index is -0.000602. The number of carbonyl (C=O) groups excluding carboxylic acids is 1. The fourth-order valence-electron chi connectivity index (χ4n) is 1.05. The van der Waals surface area contributed by atoms with Crippen molar-refractivity contribution < 1.29 is 4.79 Å². The lowest BCUT2D eigenvalue weighted by atomic mass is 10.2. The Morgan fingerprint density at radius 3 is 2.90 bits per heavy atom. The van der Waals surface area contributed by atoms with E-state index in [1.165, 1.54) is 0 Å². The van der Waals surface area contributed by atoms with E-state index in [4.69, 9.17) is 0 Å². The van der Waals surface area contributed by atoms with Gasteiger partial charge in [0, 0.05) is 25.7 Å². The molecule has 56 valence electrons. The zero-order chi connectivity index (χ0) is 7.56. The molecule has 0 saturated carbocycles. The van der Waals surface area contributed by atoms with Crippen LogP contribution in [-0.4, -0.2) is 24.5 Å². The molecule has 0 radical (unpaired) electrons. The zero-order valence-electron chi connectivity index (χ0n) is 6.35. The van der Waals surface area contributed by atoms with Gasteiger partial charge in [-0.1, -0.05) is 6.08 Å². The average molecular weight is 140 g/mol. The second-order valence-corrected chi connectivity index (χ2v) is 2.32. The van der Waals surface area contributed by atoms with Gasteiger partial charge in [-0.3, -0.25) is 0 Å². The van der Waals surface area contributed by atoms with Crippen LogP contribution in [0.1, 0.15) is 13.3 Å². The predicted molar refractivity (Wildman–Crippen MR) is 39.5 cm³/mol. The Morgan fingerprint density at radius 2 is 2.40 bits per heavy atom. The molecular formula is C7H12N2O. The molecule has 10 heavy (non-hydrogen) atoms. The lowest BCUT2D eigenvalue weighted by molar-refractivity contribution is 0.211. The summed E-state index contributed by atoms with van der Waals surface area (Å²) >= 11 is 0. The average Bonchev–Trinajstić information content (AvgIpc) is 1.95. The quantitative estimate of drug-likeness (QED) is 0.533. The first kappa shape index (κ1) is 7.12. The molecule has 0 aromatic carbocycles. The maximum absolute atomic E-state index is 10.9. The maximum Gasteiger partial charge on any atom is 0.321 e. The number of allylic oxidation sites excluding steroid dienone is 1. The highest BCUT2D eigenvalue weighted by molar-refractivity contribution is 5.76. The van der Waals surface area contributed by atoms with Gasteiger partial charge in [0.1, 0.15) is 0 Å². The first-order valence-corrected chi connectivity index (χ1v) is 3.42. The van der Waals surface area contributed by atoms with E-state index < -0.39 is 0 Å². The molecular weight excluding hydrogens is 128 g/mol. The molecule has 0 aromatic heterocycles. The van der Waals surface area contributed by atoms with Gasteiger partial charge in [-0.15, -0.1) is 0 Å². The van der Waals surface area contributed by atoms with E-state index >= 15 is 0 Å². The summed E-state index contributed by atoms with van der Waals surface area (Å²) in [5.74, 6) is 0. The van der Waals surface area contributed by atoms with E-state index in [-0.39, 0.29) is 6.03 Å². The highest BCUT2D eigenvalue weighted by Crippen LogP contribution is 2.09. The van der Waals surface area contributed by atoms with Crippen molar-refractivity contribution in [1.29, 1.82) is 0 Å². The molecule has 0 spiro atoms. The van der Waals surface area contributed by atoms with Crippen LogP contribution in [0.25, 0.3) is 0 Å². The number of carbonyl (C=O) groups is 1. The highest BCUT2D eigenvalue weighted by atomic mass is 16.2. The van der Waals surface area contributed by atoms with Crippen LogP contribution in [0.5, 0.6) is 0 Å². The van der Waals surface area contributed by atoms with Crippen molar-refractivity contribution in [2.75, 3.05) is 13.6 Å². The summed E-state index contributed by atoms with van der Waals surface area (Å²) in [6.07, 6.45) is 2.91. The molecule has 3 nitrogen and oxygen atoms in total. The minimum Gasteiger partial charge on any atom is -0.337 e. The predicted octanol–water partition coefficient (Wildman–Crippen LogP) is 0.935. The Balaban J connectivity index is 2.69. The van der Waals surface area contributed by atoms with Gasteiger partial charge in [0.2, 0.25) is 0 Å². The summed E-state index contributed by atoms with van der Waals surface area (Å²) in [5, 5.41) is 2.74. The number of hydrogen-bond acceptors (Lipinski definition) is 1. The largest absolute Gasteiger partial charge is 0.337 e. The molecule has 0 aliphatic carbocycles. The summed E-state index contributed by atoms with van der Waals surface area (Å²) in [4.78, 5) is 12.6. The third-order valence-corrected chi connectivity index (χ3v) is 1.73. The number of nitrogens with zero attached hydrogens (tertiary/aromatic N) is 1. The molecule has 2 amide bonds.